The lowest BCUT2D eigenvalue weighted by Crippen LogP contribution is -1.85. The Morgan fingerprint density at radius 2 is 2.00 bits per heavy atom. The van der Waals surface area contributed by atoms with Gasteiger partial charge in [0.25, 0.3) is 0 Å². The maximum absolute atomic E-state index is 5.91. The topological polar surface area (TPSA) is 12.4 Å². The molecule has 2 aromatic rings. The molecule has 2 heteroatoms. The standard InChI is InChI=1S/C18H16ClN/c1-14-8-9-17(15(2)11-14)6-4-10-20-13-16-5-3-7-18(19)12-16/h3,5,7-9,11-13H,10H2,1-2H3/b20-13+. The van der Waals surface area contributed by atoms with Gasteiger partial charge in [-0.15, -0.1) is 0 Å². The van der Waals surface area contributed by atoms with Crippen molar-refractivity contribution < 1.29 is 0 Å². The summed E-state index contributed by atoms with van der Waals surface area (Å²) in [6.45, 7) is 4.64. The van der Waals surface area contributed by atoms with Gasteiger partial charge in [0.1, 0.15) is 6.54 Å². The molecule has 0 amide bonds. The molecule has 0 spiro atoms. The largest absolute Gasteiger partial charge is 0.280 e. The second-order valence-electron chi connectivity index (χ2n) is 4.64. The Hall–Kier alpha value is -2.04. The number of aryl methyl sites for hydroxylation is 2. The zero-order valence-electron chi connectivity index (χ0n) is 11.7. The van der Waals surface area contributed by atoms with Crippen LogP contribution in [0.3, 0.4) is 0 Å². The lowest BCUT2D eigenvalue weighted by molar-refractivity contribution is 1.30. The Morgan fingerprint density at radius 3 is 2.75 bits per heavy atom. The molecule has 0 bridgehead atoms. The van der Waals surface area contributed by atoms with Crippen molar-refractivity contribution in [3.8, 4) is 11.8 Å². The summed E-state index contributed by atoms with van der Waals surface area (Å²) in [7, 11) is 0. The van der Waals surface area contributed by atoms with Crippen LogP contribution in [0.2, 0.25) is 5.02 Å². The molecule has 0 unspecified atom stereocenters. The second-order valence-corrected chi connectivity index (χ2v) is 5.08. The molecule has 2 aromatic carbocycles. The van der Waals surface area contributed by atoms with Crippen molar-refractivity contribution in [2.24, 2.45) is 4.99 Å². The van der Waals surface area contributed by atoms with Gasteiger partial charge in [-0.3, -0.25) is 4.99 Å². The monoisotopic (exact) mass is 281 g/mol. The molecule has 0 saturated heterocycles. The van der Waals surface area contributed by atoms with E-state index < -0.39 is 0 Å². The average Bonchev–Trinajstić information content (AvgIpc) is 2.41. The highest BCUT2D eigenvalue weighted by Crippen LogP contribution is 2.09. The van der Waals surface area contributed by atoms with Gasteiger partial charge >= 0.3 is 0 Å². The Bertz CT molecular complexity index is 690. The van der Waals surface area contributed by atoms with Gasteiger partial charge in [-0.05, 0) is 43.2 Å². The Balaban J connectivity index is 1.98. The zero-order chi connectivity index (χ0) is 14.4. The van der Waals surface area contributed by atoms with Crippen LogP contribution in [-0.2, 0) is 0 Å². The molecule has 0 radical (unpaired) electrons. The van der Waals surface area contributed by atoms with Crippen molar-refractivity contribution in [2.45, 2.75) is 13.8 Å². The van der Waals surface area contributed by atoms with Crippen LogP contribution in [-0.4, -0.2) is 12.8 Å². The molecule has 0 aliphatic rings. The molecular formula is C18H16ClN. The van der Waals surface area contributed by atoms with Gasteiger partial charge in [-0.1, -0.05) is 53.3 Å². The Kier molecular flexibility index (Phi) is 4.98. The van der Waals surface area contributed by atoms with Crippen molar-refractivity contribution in [3.63, 3.8) is 0 Å². The second kappa shape index (κ2) is 6.93. The highest BCUT2D eigenvalue weighted by atomic mass is 35.5. The predicted molar refractivity (Wildman–Crippen MR) is 86.7 cm³/mol. The maximum Gasteiger partial charge on any atom is 0.100 e. The molecule has 0 heterocycles. The number of halogens is 1. The summed E-state index contributed by atoms with van der Waals surface area (Å²) in [5.74, 6) is 6.21. The van der Waals surface area contributed by atoms with E-state index in [1.54, 1.807) is 6.21 Å². The lowest BCUT2D eigenvalue weighted by Gasteiger charge is -1.98. The predicted octanol–water partition coefficient (Wildman–Crippen LogP) is 4.43. The van der Waals surface area contributed by atoms with Crippen LogP contribution in [0.1, 0.15) is 22.3 Å². The summed E-state index contributed by atoms with van der Waals surface area (Å²) in [6, 6.07) is 13.9. The van der Waals surface area contributed by atoms with Crippen molar-refractivity contribution in [1.82, 2.24) is 0 Å². The number of hydrogen-bond donors (Lipinski definition) is 0. The highest BCUT2D eigenvalue weighted by Gasteiger charge is 1.93. The van der Waals surface area contributed by atoms with E-state index >= 15 is 0 Å². The fourth-order valence-electron chi connectivity index (χ4n) is 1.87. The van der Waals surface area contributed by atoms with Crippen LogP contribution in [0.4, 0.5) is 0 Å². The summed E-state index contributed by atoms with van der Waals surface area (Å²) in [5.41, 5.74) is 4.52. The van der Waals surface area contributed by atoms with E-state index in [2.05, 4.69) is 48.9 Å². The SMILES string of the molecule is Cc1ccc(C#CC/N=C/c2cccc(Cl)c2)c(C)c1. The maximum atomic E-state index is 5.91. The molecule has 0 aliphatic heterocycles. The number of nitrogens with zero attached hydrogens (tertiary/aromatic N) is 1. The molecule has 0 saturated carbocycles. The molecule has 0 N–H and O–H groups in total. The van der Waals surface area contributed by atoms with E-state index in [0.29, 0.717) is 6.54 Å². The summed E-state index contributed by atoms with van der Waals surface area (Å²) in [4.78, 5) is 4.29. The van der Waals surface area contributed by atoms with E-state index in [-0.39, 0.29) is 0 Å². The summed E-state index contributed by atoms with van der Waals surface area (Å²) in [5, 5.41) is 0.718. The minimum absolute atomic E-state index is 0.486. The van der Waals surface area contributed by atoms with E-state index in [1.165, 1.54) is 11.1 Å². The molecule has 0 atom stereocenters. The molecule has 0 aromatic heterocycles. The fourth-order valence-corrected chi connectivity index (χ4v) is 2.07. The van der Waals surface area contributed by atoms with Crippen LogP contribution >= 0.6 is 11.6 Å². The average molecular weight is 282 g/mol. The van der Waals surface area contributed by atoms with Crippen LogP contribution in [0.15, 0.2) is 47.5 Å². The van der Waals surface area contributed by atoms with Gasteiger partial charge in [0, 0.05) is 16.8 Å². The van der Waals surface area contributed by atoms with E-state index in [0.717, 1.165) is 16.1 Å². The van der Waals surface area contributed by atoms with Crippen LogP contribution < -0.4 is 0 Å². The molecule has 100 valence electrons. The van der Waals surface area contributed by atoms with Crippen molar-refractivity contribution >= 4 is 17.8 Å². The summed E-state index contributed by atoms with van der Waals surface area (Å²) < 4.78 is 0. The van der Waals surface area contributed by atoms with Crippen molar-refractivity contribution in [1.29, 1.82) is 0 Å². The third-order valence-corrected chi connectivity index (χ3v) is 3.10. The normalized spacial score (nSPS) is 10.3. The first-order chi connectivity index (χ1) is 9.65. The number of aliphatic imine (C=N–C) groups is 1. The van der Waals surface area contributed by atoms with Crippen molar-refractivity contribution in [3.05, 3.63) is 69.7 Å². The molecule has 2 rings (SSSR count). The van der Waals surface area contributed by atoms with E-state index in [4.69, 9.17) is 11.6 Å². The zero-order valence-corrected chi connectivity index (χ0v) is 12.4. The Labute approximate surface area is 125 Å². The number of rotatable bonds is 2. The van der Waals surface area contributed by atoms with Gasteiger partial charge < -0.3 is 0 Å². The third kappa shape index (κ3) is 4.26. The van der Waals surface area contributed by atoms with Crippen LogP contribution in [0.5, 0.6) is 0 Å². The van der Waals surface area contributed by atoms with Gasteiger partial charge in [0.05, 0.1) is 0 Å². The van der Waals surface area contributed by atoms with Gasteiger partial charge in [-0.2, -0.15) is 0 Å². The molecule has 1 nitrogen and oxygen atoms in total. The number of hydrogen-bond acceptors (Lipinski definition) is 1. The van der Waals surface area contributed by atoms with Gasteiger partial charge in [0.15, 0.2) is 0 Å². The lowest BCUT2D eigenvalue weighted by atomic mass is 10.1. The molecule has 0 fully saturated rings. The fraction of sp³-hybridized carbons (Fsp3) is 0.167. The first kappa shape index (κ1) is 14.4. The molecule has 20 heavy (non-hydrogen) atoms. The highest BCUT2D eigenvalue weighted by molar-refractivity contribution is 6.30. The molecular weight excluding hydrogens is 266 g/mol. The van der Waals surface area contributed by atoms with Crippen molar-refractivity contribution in [2.75, 3.05) is 6.54 Å². The van der Waals surface area contributed by atoms with E-state index in [9.17, 15) is 0 Å². The van der Waals surface area contributed by atoms with E-state index in [1.807, 2.05) is 24.3 Å². The Morgan fingerprint density at radius 1 is 1.15 bits per heavy atom. The first-order valence-corrected chi connectivity index (χ1v) is 6.84. The summed E-state index contributed by atoms with van der Waals surface area (Å²) >= 11 is 5.91. The third-order valence-electron chi connectivity index (χ3n) is 2.86. The van der Waals surface area contributed by atoms with Crippen LogP contribution in [0, 0.1) is 25.7 Å². The van der Waals surface area contributed by atoms with Gasteiger partial charge in [-0.25, -0.2) is 0 Å². The quantitative estimate of drug-likeness (QED) is 0.570. The number of benzene rings is 2. The minimum atomic E-state index is 0.486. The molecule has 0 aliphatic carbocycles. The van der Waals surface area contributed by atoms with Crippen LogP contribution in [0.25, 0.3) is 0 Å². The summed E-state index contributed by atoms with van der Waals surface area (Å²) in [6.07, 6.45) is 1.79. The van der Waals surface area contributed by atoms with Gasteiger partial charge in [0.2, 0.25) is 0 Å². The first-order valence-electron chi connectivity index (χ1n) is 6.47. The smallest absolute Gasteiger partial charge is 0.100 e. The minimum Gasteiger partial charge on any atom is -0.280 e.